The molecular formula is C15H17Cl2NO2S. The van der Waals surface area contributed by atoms with Crippen molar-refractivity contribution in [2.45, 2.75) is 13.2 Å². The van der Waals surface area contributed by atoms with Gasteiger partial charge < -0.3 is 14.8 Å². The van der Waals surface area contributed by atoms with Crippen molar-refractivity contribution in [3.8, 4) is 5.75 Å². The quantitative estimate of drug-likeness (QED) is 0.720. The zero-order valence-corrected chi connectivity index (χ0v) is 14.0. The molecule has 0 radical (unpaired) electrons. The van der Waals surface area contributed by atoms with E-state index in [9.17, 15) is 0 Å². The second kappa shape index (κ2) is 8.61. The fourth-order valence-corrected chi connectivity index (χ4v) is 3.00. The van der Waals surface area contributed by atoms with Crippen LogP contribution >= 0.6 is 34.5 Å². The molecular weight excluding hydrogens is 329 g/mol. The first kappa shape index (κ1) is 16.6. The Morgan fingerprint density at radius 2 is 2.05 bits per heavy atom. The molecule has 0 fully saturated rings. The van der Waals surface area contributed by atoms with Crippen LogP contribution in [0.15, 0.2) is 30.3 Å². The molecule has 0 bridgehead atoms. The van der Waals surface area contributed by atoms with Gasteiger partial charge in [0.25, 0.3) is 0 Å². The summed E-state index contributed by atoms with van der Waals surface area (Å²) in [6.07, 6.45) is 0. The summed E-state index contributed by atoms with van der Waals surface area (Å²) in [6, 6.07) is 9.49. The average Bonchev–Trinajstić information content (AvgIpc) is 2.88. The lowest BCUT2D eigenvalue weighted by Gasteiger charge is -2.12. The predicted octanol–water partition coefficient (Wildman–Crippen LogP) is 4.37. The summed E-state index contributed by atoms with van der Waals surface area (Å²) in [4.78, 5) is 1.09. The maximum absolute atomic E-state index is 6.05. The van der Waals surface area contributed by atoms with Gasteiger partial charge in [-0.05, 0) is 30.3 Å². The van der Waals surface area contributed by atoms with Crippen LogP contribution in [0.5, 0.6) is 5.75 Å². The molecule has 3 nitrogen and oxygen atoms in total. The molecule has 0 amide bonds. The highest BCUT2D eigenvalue weighted by molar-refractivity contribution is 7.16. The first-order chi connectivity index (χ1) is 10.2. The van der Waals surface area contributed by atoms with Crippen molar-refractivity contribution in [2.75, 3.05) is 20.3 Å². The van der Waals surface area contributed by atoms with Crippen LogP contribution in [0.3, 0.4) is 0 Å². The summed E-state index contributed by atoms with van der Waals surface area (Å²) in [5, 5.41) is 3.99. The fourth-order valence-electron chi connectivity index (χ4n) is 1.80. The summed E-state index contributed by atoms with van der Waals surface area (Å²) in [6.45, 7) is 2.64. The van der Waals surface area contributed by atoms with E-state index in [4.69, 9.17) is 32.7 Å². The standard InChI is InChI=1S/C15H17Cl2NO2S/c1-19-7-6-18-9-11-8-12(16)2-4-14(11)20-10-13-3-5-15(17)21-13/h2-5,8,18H,6-7,9-10H2,1H3. The van der Waals surface area contributed by atoms with Crippen molar-refractivity contribution in [3.63, 3.8) is 0 Å². The van der Waals surface area contributed by atoms with E-state index >= 15 is 0 Å². The summed E-state index contributed by atoms with van der Waals surface area (Å²) in [5.41, 5.74) is 1.03. The van der Waals surface area contributed by atoms with Gasteiger partial charge in [0.1, 0.15) is 12.4 Å². The van der Waals surface area contributed by atoms with Crippen LogP contribution < -0.4 is 10.1 Å². The number of ether oxygens (including phenoxy) is 2. The number of nitrogens with one attached hydrogen (secondary N) is 1. The summed E-state index contributed by atoms with van der Waals surface area (Å²) >= 11 is 13.5. The number of halogens is 2. The van der Waals surface area contributed by atoms with Crippen molar-refractivity contribution >= 4 is 34.5 Å². The Morgan fingerprint density at radius 1 is 1.19 bits per heavy atom. The maximum Gasteiger partial charge on any atom is 0.124 e. The molecule has 21 heavy (non-hydrogen) atoms. The van der Waals surface area contributed by atoms with Crippen LogP contribution in [-0.2, 0) is 17.9 Å². The van der Waals surface area contributed by atoms with Crippen molar-refractivity contribution in [3.05, 3.63) is 50.1 Å². The maximum atomic E-state index is 6.05. The van der Waals surface area contributed by atoms with E-state index in [1.54, 1.807) is 7.11 Å². The van der Waals surface area contributed by atoms with E-state index < -0.39 is 0 Å². The average molecular weight is 346 g/mol. The van der Waals surface area contributed by atoms with E-state index in [0.29, 0.717) is 24.8 Å². The van der Waals surface area contributed by atoms with Gasteiger partial charge in [0.15, 0.2) is 0 Å². The molecule has 0 saturated heterocycles. The van der Waals surface area contributed by atoms with Gasteiger partial charge >= 0.3 is 0 Å². The van der Waals surface area contributed by atoms with E-state index in [-0.39, 0.29) is 0 Å². The van der Waals surface area contributed by atoms with E-state index in [1.165, 1.54) is 11.3 Å². The number of hydrogen-bond acceptors (Lipinski definition) is 4. The van der Waals surface area contributed by atoms with Gasteiger partial charge in [0.05, 0.1) is 10.9 Å². The summed E-state index contributed by atoms with van der Waals surface area (Å²) in [5.74, 6) is 0.828. The molecule has 0 saturated carbocycles. The largest absolute Gasteiger partial charge is 0.488 e. The number of hydrogen-bond donors (Lipinski definition) is 1. The van der Waals surface area contributed by atoms with Gasteiger partial charge in [-0.15, -0.1) is 11.3 Å². The summed E-state index contributed by atoms with van der Waals surface area (Å²) < 4.78 is 11.7. The molecule has 0 aliphatic rings. The minimum Gasteiger partial charge on any atom is -0.488 e. The third-order valence-electron chi connectivity index (χ3n) is 2.82. The molecule has 1 N–H and O–H groups in total. The normalized spacial score (nSPS) is 10.8. The Bertz CT molecular complexity index is 575. The molecule has 0 aliphatic heterocycles. The van der Waals surface area contributed by atoms with E-state index in [2.05, 4.69) is 5.32 Å². The number of benzene rings is 1. The Kier molecular flexibility index (Phi) is 6.80. The van der Waals surface area contributed by atoms with Gasteiger partial charge in [-0.2, -0.15) is 0 Å². The minimum absolute atomic E-state index is 0.504. The predicted molar refractivity (Wildman–Crippen MR) is 88.7 cm³/mol. The molecule has 0 spiro atoms. The Balaban J connectivity index is 1.97. The Labute approximate surface area is 138 Å². The molecule has 0 unspecified atom stereocenters. The van der Waals surface area contributed by atoms with Crippen molar-refractivity contribution < 1.29 is 9.47 Å². The molecule has 1 heterocycles. The van der Waals surface area contributed by atoms with E-state index in [0.717, 1.165) is 27.1 Å². The SMILES string of the molecule is COCCNCc1cc(Cl)ccc1OCc1ccc(Cl)s1. The highest BCUT2D eigenvalue weighted by atomic mass is 35.5. The van der Waals surface area contributed by atoms with Crippen LogP contribution in [0, 0.1) is 0 Å². The van der Waals surface area contributed by atoms with Crippen molar-refractivity contribution in [1.29, 1.82) is 0 Å². The molecule has 2 aromatic rings. The lowest BCUT2D eigenvalue weighted by Crippen LogP contribution is -2.19. The van der Waals surface area contributed by atoms with Crippen LogP contribution in [-0.4, -0.2) is 20.3 Å². The van der Waals surface area contributed by atoms with Gasteiger partial charge in [-0.3, -0.25) is 0 Å². The van der Waals surface area contributed by atoms with Crippen molar-refractivity contribution in [2.24, 2.45) is 0 Å². The van der Waals surface area contributed by atoms with Gasteiger partial charge in [-0.1, -0.05) is 23.2 Å². The zero-order valence-electron chi connectivity index (χ0n) is 11.7. The zero-order chi connectivity index (χ0) is 15.1. The van der Waals surface area contributed by atoms with Crippen LogP contribution in [0.4, 0.5) is 0 Å². The molecule has 0 aliphatic carbocycles. The van der Waals surface area contributed by atoms with Crippen molar-refractivity contribution in [1.82, 2.24) is 5.32 Å². The molecule has 1 aromatic carbocycles. The van der Waals surface area contributed by atoms with Gasteiger partial charge in [0, 0.05) is 35.7 Å². The third kappa shape index (κ3) is 5.49. The highest BCUT2D eigenvalue weighted by Gasteiger charge is 2.06. The van der Waals surface area contributed by atoms with Gasteiger partial charge in [-0.25, -0.2) is 0 Å². The smallest absolute Gasteiger partial charge is 0.124 e. The lowest BCUT2D eigenvalue weighted by molar-refractivity contribution is 0.199. The Hall–Kier alpha value is -0.780. The van der Waals surface area contributed by atoms with Crippen LogP contribution in [0.2, 0.25) is 9.36 Å². The molecule has 2 rings (SSSR count). The third-order valence-corrected chi connectivity index (χ3v) is 4.26. The second-order valence-corrected chi connectivity index (χ2v) is 6.65. The lowest BCUT2D eigenvalue weighted by atomic mass is 10.2. The monoisotopic (exact) mass is 345 g/mol. The fraction of sp³-hybridized carbons (Fsp3) is 0.333. The Morgan fingerprint density at radius 3 is 2.76 bits per heavy atom. The highest BCUT2D eigenvalue weighted by Crippen LogP contribution is 2.26. The minimum atomic E-state index is 0.504. The number of rotatable bonds is 8. The first-order valence-corrected chi connectivity index (χ1v) is 8.11. The molecule has 1 aromatic heterocycles. The molecule has 0 atom stereocenters. The van der Waals surface area contributed by atoms with Crippen LogP contribution in [0.25, 0.3) is 0 Å². The number of thiophene rings is 1. The first-order valence-electron chi connectivity index (χ1n) is 6.54. The second-order valence-electron chi connectivity index (χ2n) is 4.42. The topological polar surface area (TPSA) is 30.5 Å². The summed E-state index contributed by atoms with van der Waals surface area (Å²) in [7, 11) is 1.68. The molecule has 6 heteroatoms. The van der Waals surface area contributed by atoms with E-state index in [1.807, 2.05) is 30.3 Å². The molecule has 114 valence electrons. The number of methoxy groups -OCH3 is 1. The van der Waals surface area contributed by atoms with Crippen LogP contribution in [0.1, 0.15) is 10.4 Å². The van der Waals surface area contributed by atoms with Gasteiger partial charge in [0.2, 0.25) is 0 Å².